The first-order valence-corrected chi connectivity index (χ1v) is 14.1. The Hall–Kier alpha value is -3.96. The van der Waals surface area contributed by atoms with Crippen LogP contribution >= 0.6 is 0 Å². The highest BCUT2D eigenvalue weighted by molar-refractivity contribution is 6.01. The van der Waals surface area contributed by atoms with Crippen LogP contribution in [0.2, 0.25) is 0 Å². The first kappa shape index (κ1) is 31.6. The number of guanidine groups is 2. The van der Waals surface area contributed by atoms with Gasteiger partial charge in [0.05, 0.1) is 6.54 Å². The Morgan fingerprint density at radius 3 is 1.59 bits per heavy atom. The summed E-state index contributed by atoms with van der Waals surface area (Å²) < 4.78 is 0. The van der Waals surface area contributed by atoms with E-state index in [1.165, 1.54) is 0 Å². The molecular weight excluding hydrogens is 518 g/mol. The third kappa shape index (κ3) is 10.5. The van der Waals surface area contributed by atoms with Crippen molar-refractivity contribution in [2.45, 2.75) is 25.8 Å². The maximum Gasteiger partial charge on any atom is 0.253 e. The number of aliphatic imine (C=N–C) groups is 2. The molecule has 41 heavy (non-hydrogen) atoms. The van der Waals surface area contributed by atoms with Gasteiger partial charge in [-0.2, -0.15) is 4.99 Å². The lowest BCUT2D eigenvalue weighted by Gasteiger charge is -2.23. The summed E-state index contributed by atoms with van der Waals surface area (Å²) in [6.07, 6.45) is 2.86. The minimum absolute atomic E-state index is 0.00312. The van der Waals surface area contributed by atoms with Gasteiger partial charge in [-0.05, 0) is 101 Å². The summed E-state index contributed by atoms with van der Waals surface area (Å²) in [6.45, 7) is 5.51. The van der Waals surface area contributed by atoms with Crippen LogP contribution in [-0.4, -0.2) is 111 Å². The third-order valence-corrected chi connectivity index (χ3v) is 7.10. The van der Waals surface area contributed by atoms with E-state index in [9.17, 15) is 9.59 Å². The van der Waals surface area contributed by atoms with E-state index >= 15 is 0 Å². The van der Waals surface area contributed by atoms with Gasteiger partial charge in [-0.1, -0.05) is 12.1 Å². The van der Waals surface area contributed by atoms with E-state index in [2.05, 4.69) is 39.2 Å². The maximum absolute atomic E-state index is 12.9. The minimum Gasteiger partial charge on any atom is -0.369 e. The van der Waals surface area contributed by atoms with E-state index in [4.69, 9.17) is 11.5 Å². The monoisotopic (exact) mass is 563 g/mol. The number of carbonyl (C=O) groups is 2. The van der Waals surface area contributed by atoms with E-state index in [0.717, 1.165) is 51.0 Å². The fraction of sp³-hybridized carbons (Fsp3) is 0.467. The molecule has 4 bridgehead atoms. The first-order chi connectivity index (χ1) is 19.6. The molecule has 2 aromatic carbocycles. The predicted octanol–water partition coefficient (Wildman–Crippen LogP) is 2.12. The van der Waals surface area contributed by atoms with E-state index in [1.807, 2.05) is 38.4 Å². The lowest BCUT2D eigenvalue weighted by atomic mass is 10.1. The van der Waals surface area contributed by atoms with Gasteiger partial charge in [0.2, 0.25) is 11.9 Å². The molecule has 3 heterocycles. The minimum atomic E-state index is -0.0248. The Morgan fingerprint density at radius 1 is 0.659 bits per heavy atom. The molecule has 2 amide bonds. The molecule has 222 valence electrons. The number of anilines is 1. The zero-order chi connectivity index (χ0) is 29.8. The summed E-state index contributed by atoms with van der Waals surface area (Å²) in [5, 5.41) is 2.97. The van der Waals surface area contributed by atoms with Crippen LogP contribution in [-0.2, 0) is 6.54 Å². The molecule has 5 rings (SSSR count). The Balaban J connectivity index is 1.70. The van der Waals surface area contributed by atoms with Crippen molar-refractivity contribution in [1.82, 2.24) is 19.6 Å². The average molecular weight is 564 g/mol. The van der Waals surface area contributed by atoms with Crippen LogP contribution in [0.15, 0.2) is 58.5 Å². The number of rotatable bonds is 0. The quantitative estimate of drug-likeness (QED) is 0.447. The summed E-state index contributed by atoms with van der Waals surface area (Å²) in [5.41, 5.74) is 14.8. The van der Waals surface area contributed by atoms with E-state index in [-0.39, 0.29) is 23.7 Å². The molecule has 2 aromatic rings. The third-order valence-electron chi connectivity index (χ3n) is 7.10. The van der Waals surface area contributed by atoms with Crippen molar-refractivity contribution >= 4 is 29.4 Å². The molecule has 5 N–H and O–H groups in total. The second-order valence-corrected chi connectivity index (χ2v) is 10.7. The molecule has 0 unspecified atom stereocenters. The Kier molecular flexibility index (Phi) is 12.1. The predicted molar refractivity (Wildman–Crippen MR) is 166 cm³/mol. The Morgan fingerprint density at radius 2 is 1.10 bits per heavy atom. The van der Waals surface area contributed by atoms with Gasteiger partial charge in [-0.15, -0.1) is 0 Å². The smallest absolute Gasteiger partial charge is 0.253 e. The van der Waals surface area contributed by atoms with Gasteiger partial charge < -0.3 is 36.4 Å². The van der Waals surface area contributed by atoms with Crippen molar-refractivity contribution in [3.05, 3.63) is 65.2 Å². The number of nitrogens with zero attached hydrogens (tertiary/aromatic N) is 6. The number of hydrogen-bond donors (Lipinski definition) is 3. The highest BCUT2D eigenvalue weighted by Crippen LogP contribution is 2.12. The molecule has 0 radical (unpaired) electrons. The fourth-order valence-electron chi connectivity index (χ4n) is 4.59. The summed E-state index contributed by atoms with van der Waals surface area (Å²) in [6, 6.07) is 14.4. The summed E-state index contributed by atoms with van der Waals surface area (Å²) >= 11 is 0. The van der Waals surface area contributed by atoms with Crippen LogP contribution in [0.4, 0.5) is 5.69 Å². The van der Waals surface area contributed by atoms with Crippen LogP contribution in [0, 0.1) is 0 Å². The number of fused-ring (bicyclic) bond motifs is 2. The van der Waals surface area contributed by atoms with Crippen molar-refractivity contribution in [2.24, 2.45) is 21.5 Å². The first-order valence-electron chi connectivity index (χ1n) is 14.1. The Labute approximate surface area is 243 Å². The van der Waals surface area contributed by atoms with Crippen molar-refractivity contribution in [1.29, 1.82) is 0 Å². The normalized spacial score (nSPS) is 18.7. The highest BCUT2D eigenvalue weighted by Gasteiger charge is 2.13. The van der Waals surface area contributed by atoms with Gasteiger partial charge in [0.1, 0.15) is 0 Å². The van der Waals surface area contributed by atoms with Gasteiger partial charge >= 0.3 is 0 Å². The zero-order valence-corrected chi connectivity index (χ0v) is 24.8. The molecule has 0 fully saturated rings. The van der Waals surface area contributed by atoms with Crippen LogP contribution in [0.1, 0.15) is 45.5 Å². The molecule has 11 heteroatoms. The standard InChI is InChI=1S/C30H45N9O2/c1-36-16-5-17-37(2)19-7-21-39(4)28(41)25-12-14-26(15-13-25)34-30(32)35-29(31)33-22-23-8-10-24(11-9-23)27(40)38(3)20-6-18-36/h8-15H,5-7,16-22H2,1-4H3,(H5,31,32,33,34,35). The van der Waals surface area contributed by atoms with Crippen molar-refractivity contribution in [2.75, 3.05) is 72.8 Å². The fourth-order valence-corrected chi connectivity index (χ4v) is 4.59. The molecule has 0 aliphatic carbocycles. The summed E-state index contributed by atoms with van der Waals surface area (Å²) in [4.78, 5) is 42.3. The molecule has 11 nitrogen and oxygen atoms in total. The number of nitrogens with two attached hydrogens (primary N) is 2. The summed E-state index contributed by atoms with van der Waals surface area (Å²) in [5.74, 6) is 0.0911. The number of benzene rings is 2. The molecular formula is C30H45N9O2. The van der Waals surface area contributed by atoms with Crippen molar-refractivity contribution in [3.8, 4) is 0 Å². The number of carbonyl (C=O) groups excluding carboxylic acids is 2. The Bertz CT molecular complexity index is 1200. The van der Waals surface area contributed by atoms with E-state index in [0.29, 0.717) is 36.4 Å². The number of nitrogens with one attached hydrogen (secondary N) is 1. The zero-order valence-electron chi connectivity index (χ0n) is 24.8. The maximum atomic E-state index is 12.9. The van der Waals surface area contributed by atoms with Crippen LogP contribution < -0.4 is 16.8 Å². The van der Waals surface area contributed by atoms with Crippen LogP contribution in [0.5, 0.6) is 0 Å². The molecule has 3 aliphatic heterocycles. The number of hydrogen-bond acceptors (Lipinski definition) is 9. The largest absolute Gasteiger partial charge is 0.369 e. The molecule has 0 saturated heterocycles. The molecule has 3 aliphatic rings. The second kappa shape index (κ2) is 15.7. The van der Waals surface area contributed by atoms with Gasteiger partial charge in [-0.3, -0.25) is 9.59 Å². The van der Waals surface area contributed by atoms with Gasteiger partial charge in [0, 0.05) is 44.0 Å². The second-order valence-electron chi connectivity index (χ2n) is 10.7. The van der Waals surface area contributed by atoms with Crippen molar-refractivity contribution < 1.29 is 9.59 Å². The lowest BCUT2D eigenvalue weighted by molar-refractivity contribution is 0.0783. The molecule has 0 spiro atoms. The average Bonchev–Trinajstić information content (AvgIpc) is 2.95. The van der Waals surface area contributed by atoms with E-state index < -0.39 is 0 Å². The van der Waals surface area contributed by atoms with E-state index in [1.54, 1.807) is 34.1 Å². The van der Waals surface area contributed by atoms with Gasteiger partial charge in [0.25, 0.3) is 11.8 Å². The van der Waals surface area contributed by atoms with Gasteiger partial charge in [-0.25, -0.2) is 4.99 Å². The number of amides is 2. The molecule has 0 saturated carbocycles. The lowest BCUT2D eigenvalue weighted by Crippen LogP contribution is -2.32. The van der Waals surface area contributed by atoms with Crippen LogP contribution in [0.3, 0.4) is 0 Å². The topological polar surface area (TPSA) is 136 Å². The molecule has 0 aromatic heterocycles. The van der Waals surface area contributed by atoms with Gasteiger partial charge in [0.15, 0.2) is 0 Å². The SMILES string of the molecule is CN1CCCN(C)CCCN(C)C(=O)c2ccc(cc2)NC(N)=NC(N)=NCc2ccc(cc2)C(=O)N(C)CCC1. The highest BCUT2D eigenvalue weighted by atomic mass is 16.2. The van der Waals surface area contributed by atoms with Crippen molar-refractivity contribution in [3.63, 3.8) is 0 Å². The summed E-state index contributed by atoms with van der Waals surface area (Å²) in [7, 11) is 7.92. The molecule has 0 atom stereocenters. The van der Waals surface area contributed by atoms with Crippen LogP contribution in [0.25, 0.3) is 0 Å².